The van der Waals surface area contributed by atoms with Crippen LogP contribution < -0.4 is 4.90 Å². The fourth-order valence-electron chi connectivity index (χ4n) is 1.53. The Hall–Kier alpha value is -1.94. The van der Waals surface area contributed by atoms with Crippen LogP contribution in [0, 0.1) is 0 Å². The van der Waals surface area contributed by atoms with Crippen LogP contribution in [0.4, 0.5) is 10.0 Å². The van der Waals surface area contributed by atoms with Crippen LogP contribution in [-0.2, 0) is 4.79 Å². The first kappa shape index (κ1) is 12.5. The van der Waals surface area contributed by atoms with Crippen molar-refractivity contribution >= 4 is 33.5 Å². The standard InChI is InChI=1S/C14H14N2OS/c1-11(12-6-4-3-5-7-12)15-13-8-9-14(18-13)16(2)10-17/h3-10H,1-2H3. The number of benzene rings is 1. The second-order valence-corrected chi connectivity index (χ2v) is 4.93. The van der Waals surface area contributed by atoms with Gasteiger partial charge in [0, 0.05) is 12.8 Å². The molecule has 4 heteroatoms. The van der Waals surface area contributed by atoms with Gasteiger partial charge in [-0.2, -0.15) is 0 Å². The highest BCUT2D eigenvalue weighted by molar-refractivity contribution is 7.19. The smallest absolute Gasteiger partial charge is 0.214 e. The highest BCUT2D eigenvalue weighted by Crippen LogP contribution is 2.31. The van der Waals surface area contributed by atoms with E-state index in [1.165, 1.54) is 11.3 Å². The first-order chi connectivity index (χ1) is 8.70. The lowest BCUT2D eigenvalue weighted by molar-refractivity contribution is -0.107. The molecule has 0 bridgehead atoms. The molecule has 0 spiro atoms. The van der Waals surface area contributed by atoms with Crippen LogP contribution in [-0.4, -0.2) is 19.2 Å². The lowest BCUT2D eigenvalue weighted by Gasteiger charge is -2.04. The van der Waals surface area contributed by atoms with Crippen LogP contribution in [0.3, 0.4) is 0 Å². The number of carbonyl (C=O) groups excluding carboxylic acids is 1. The average molecular weight is 258 g/mol. The maximum Gasteiger partial charge on any atom is 0.214 e. The number of aliphatic imine (C=N–C) groups is 1. The molecular formula is C14H14N2OS. The number of hydrogen-bond donors (Lipinski definition) is 0. The summed E-state index contributed by atoms with van der Waals surface area (Å²) in [5.74, 6) is 0. The monoisotopic (exact) mass is 258 g/mol. The van der Waals surface area contributed by atoms with Crippen LogP contribution in [0.15, 0.2) is 47.5 Å². The second kappa shape index (κ2) is 5.60. The summed E-state index contributed by atoms with van der Waals surface area (Å²) in [5.41, 5.74) is 2.08. The quantitative estimate of drug-likeness (QED) is 0.610. The van der Waals surface area contributed by atoms with Crippen LogP contribution in [0.1, 0.15) is 12.5 Å². The number of amides is 1. The lowest BCUT2D eigenvalue weighted by atomic mass is 10.1. The third kappa shape index (κ3) is 2.84. The zero-order chi connectivity index (χ0) is 13.0. The summed E-state index contributed by atoms with van der Waals surface area (Å²) in [6.45, 7) is 1.98. The number of hydrogen-bond acceptors (Lipinski definition) is 3. The van der Waals surface area contributed by atoms with E-state index >= 15 is 0 Å². The molecule has 0 aliphatic rings. The largest absolute Gasteiger partial charge is 0.310 e. The van der Waals surface area contributed by atoms with Gasteiger partial charge in [0.05, 0.1) is 5.00 Å². The second-order valence-electron chi connectivity index (χ2n) is 3.89. The van der Waals surface area contributed by atoms with Crippen molar-refractivity contribution in [2.75, 3.05) is 11.9 Å². The van der Waals surface area contributed by atoms with Gasteiger partial charge in [0.25, 0.3) is 0 Å². The summed E-state index contributed by atoms with van der Waals surface area (Å²) < 4.78 is 0. The molecule has 0 saturated carbocycles. The van der Waals surface area contributed by atoms with Gasteiger partial charge in [-0.15, -0.1) is 0 Å². The number of carbonyl (C=O) groups is 1. The fourth-order valence-corrected chi connectivity index (χ4v) is 2.38. The molecule has 0 atom stereocenters. The molecule has 0 saturated heterocycles. The molecule has 1 heterocycles. The Morgan fingerprint density at radius 1 is 1.22 bits per heavy atom. The zero-order valence-corrected chi connectivity index (χ0v) is 11.1. The molecule has 2 aromatic rings. The van der Waals surface area contributed by atoms with E-state index in [0.717, 1.165) is 27.7 Å². The van der Waals surface area contributed by atoms with Gasteiger partial charge in [-0.05, 0) is 24.6 Å². The summed E-state index contributed by atoms with van der Waals surface area (Å²) in [7, 11) is 1.73. The van der Waals surface area contributed by atoms with Gasteiger partial charge in [0.2, 0.25) is 6.41 Å². The maximum atomic E-state index is 10.7. The van der Waals surface area contributed by atoms with Crippen molar-refractivity contribution in [3.05, 3.63) is 48.0 Å². The molecule has 0 fully saturated rings. The molecule has 1 aromatic carbocycles. The van der Waals surface area contributed by atoms with Crippen LogP contribution in [0.25, 0.3) is 0 Å². The van der Waals surface area contributed by atoms with Crippen molar-refractivity contribution in [3.8, 4) is 0 Å². The first-order valence-corrected chi connectivity index (χ1v) is 6.41. The predicted octanol–water partition coefficient (Wildman–Crippen LogP) is 3.48. The van der Waals surface area contributed by atoms with E-state index in [4.69, 9.17) is 0 Å². The number of nitrogens with zero attached hydrogens (tertiary/aromatic N) is 2. The molecular weight excluding hydrogens is 244 g/mol. The molecule has 2 rings (SSSR count). The van der Waals surface area contributed by atoms with Crippen LogP contribution in [0.2, 0.25) is 0 Å². The summed E-state index contributed by atoms with van der Waals surface area (Å²) in [5, 5.41) is 1.80. The molecule has 0 aliphatic carbocycles. The number of rotatable bonds is 4. The molecule has 1 aromatic heterocycles. The molecule has 0 unspecified atom stereocenters. The van der Waals surface area contributed by atoms with Gasteiger partial charge >= 0.3 is 0 Å². The van der Waals surface area contributed by atoms with E-state index in [9.17, 15) is 4.79 Å². The van der Waals surface area contributed by atoms with Gasteiger partial charge < -0.3 is 4.90 Å². The summed E-state index contributed by atoms with van der Waals surface area (Å²) in [4.78, 5) is 16.8. The minimum Gasteiger partial charge on any atom is -0.310 e. The third-order valence-electron chi connectivity index (χ3n) is 2.55. The maximum absolute atomic E-state index is 10.7. The van der Waals surface area contributed by atoms with Crippen molar-refractivity contribution in [3.63, 3.8) is 0 Å². The van der Waals surface area contributed by atoms with Gasteiger partial charge in [-0.25, -0.2) is 4.99 Å². The van der Waals surface area contributed by atoms with E-state index in [1.54, 1.807) is 11.9 Å². The topological polar surface area (TPSA) is 32.7 Å². The zero-order valence-electron chi connectivity index (χ0n) is 10.3. The highest BCUT2D eigenvalue weighted by Gasteiger charge is 2.04. The van der Waals surface area contributed by atoms with Crippen molar-refractivity contribution in [1.82, 2.24) is 0 Å². The van der Waals surface area contributed by atoms with Crippen molar-refractivity contribution < 1.29 is 4.79 Å². The van der Waals surface area contributed by atoms with E-state index in [0.29, 0.717) is 0 Å². The van der Waals surface area contributed by atoms with Crippen LogP contribution in [0.5, 0.6) is 0 Å². The van der Waals surface area contributed by atoms with Gasteiger partial charge in [0.15, 0.2) is 0 Å². The SMILES string of the molecule is CC(=Nc1ccc(N(C)C=O)s1)c1ccccc1. The summed E-state index contributed by atoms with van der Waals surface area (Å²) in [6.07, 6.45) is 0.795. The minimum absolute atomic E-state index is 0.795. The van der Waals surface area contributed by atoms with Crippen molar-refractivity contribution in [2.45, 2.75) is 6.92 Å². The van der Waals surface area contributed by atoms with Gasteiger partial charge in [0.1, 0.15) is 5.00 Å². The molecule has 3 nitrogen and oxygen atoms in total. The highest BCUT2D eigenvalue weighted by atomic mass is 32.1. The van der Waals surface area contributed by atoms with E-state index in [1.807, 2.05) is 49.4 Å². The van der Waals surface area contributed by atoms with Crippen LogP contribution >= 0.6 is 11.3 Å². The van der Waals surface area contributed by atoms with E-state index in [2.05, 4.69) is 4.99 Å². The molecule has 0 radical (unpaired) electrons. The Bertz CT molecular complexity index is 560. The average Bonchev–Trinajstić information content (AvgIpc) is 2.87. The minimum atomic E-state index is 0.795. The van der Waals surface area contributed by atoms with E-state index in [-0.39, 0.29) is 0 Å². The number of anilines is 1. The summed E-state index contributed by atoms with van der Waals surface area (Å²) >= 11 is 1.50. The van der Waals surface area contributed by atoms with Crippen molar-refractivity contribution in [1.29, 1.82) is 0 Å². The Morgan fingerprint density at radius 2 is 1.94 bits per heavy atom. The van der Waals surface area contributed by atoms with Crippen molar-refractivity contribution in [2.24, 2.45) is 4.99 Å². The molecule has 0 aliphatic heterocycles. The normalized spacial score (nSPS) is 11.3. The Kier molecular flexibility index (Phi) is 3.89. The molecule has 1 amide bonds. The first-order valence-electron chi connectivity index (χ1n) is 5.59. The van der Waals surface area contributed by atoms with E-state index < -0.39 is 0 Å². The molecule has 0 N–H and O–H groups in total. The molecule has 92 valence electrons. The molecule has 18 heavy (non-hydrogen) atoms. The number of thiophene rings is 1. The Morgan fingerprint density at radius 3 is 2.61 bits per heavy atom. The van der Waals surface area contributed by atoms with Gasteiger partial charge in [-0.1, -0.05) is 41.7 Å². The van der Waals surface area contributed by atoms with Gasteiger partial charge in [-0.3, -0.25) is 4.79 Å². The summed E-state index contributed by atoms with van der Waals surface area (Å²) in [6, 6.07) is 13.9. The fraction of sp³-hybridized carbons (Fsp3) is 0.143. The third-order valence-corrected chi connectivity index (χ3v) is 3.62. The predicted molar refractivity (Wildman–Crippen MR) is 77.1 cm³/mol. The lowest BCUT2D eigenvalue weighted by Crippen LogP contribution is -2.11. The Labute approximate surface area is 110 Å². The Balaban J connectivity index is 2.23.